The van der Waals surface area contributed by atoms with Crippen molar-refractivity contribution < 1.29 is 9.90 Å². The fourth-order valence-corrected chi connectivity index (χ4v) is 2.39. The Morgan fingerprint density at radius 1 is 1.21 bits per heavy atom. The highest BCUT2D eigenvalue weighted by molar-refractivity contribution is 5.85. The first-order chi connectivity index (χ1) is 11.6. The number of pyridine rings is 1. The molecule has 3 aromatic heterocycles. The maximum Gasteiger partial charge on any atom is 0.354 e. The minimum Gasteiger partial charge on any atom is -0.477 e. The summed E-state index contributed by atoms with van der Waals surface area (Å²) in [7, 11) is 0. The topological polar surface area (TPSA) is 112 Å². The number of nitrogens with zero attached hydrogens (tertiary/aromatic N) is 7. The third-order valence-corrected chi connectivity index (χ3v) is 3.53. The molecule has 0 aliphatic carbocycles. The van der Waals surface area contributed by atoms with Gasteiger partial charge in [-0.3, -0.25) is 0 Å². The smallest absolute Gasteiger partial charge is 0.354 e. The number of rotatable bonds is 6. The molecule has 0 saturated heterocycles. The van der Waals surface area contributed by atoms with Gasteiger partial charge in [-0.05, 0) is 25.5 Å². The monoisotopic (exact) mass is 327 g/mol. The van der Waals surface area contributed by atoms with Gasteiger partial charge in [-0.25, -0.2) is 14.5 Å². The maximum absolute atomic E-state index is 11.0. The predicted octanol–water partition coefficient (Wildman–Crippen LogP) is 1.40. The van der Waals surface area contributed by atoms with E-state index < -0.39 is 5.97 Å². The van der Waals surface area contributed by atoms with Crippen molar-refractivity contribution in [2.45, 2.75) is 33.4 Å². The quantitative estimate of drug-likeness (QED) is 0.728. The summed E-state index contributed by atoms with van der Waals surface area (Å²) in [6.07, 6.45) is 2.70. The van der Waals surface area contributed by atoms with Crippen LogP contribution < -0.4 is 0 Å². The Bertz CT molecular complexity index is 868. The Morgan fingerprint density at radius 2 is 2.04 bits per heavy atom. The molecule has 1 N–H and O–H groups in total. The first-order valence-corrected chi connectivity index (χ1v) is 7.58. The first-order valence-electron chi connectivity index (χ1n) is 7.58. The summed E-state index contributed by atoms with van der Waals surface area (Å²) in [6, 6.07) is 4.77. The molecular formula is C15H17N7O2. The zero-order valence-electron chi connectivity index (χ0n) is 13.4. The van der Waals surface area contributed by atoms with Crippen LogP contribution in [0.4, 0.5) is 0 Å². The van der Waals surface area contributed by atoms with Gasteiger partial charge in [0.1, 0.15) is 23.8 Å². The van der Waals surface area contributed by atoms with Crippen LogP contribution in [0.5, 0.6) is 0 Å². The number of hydrogen-bond donors (Lipinski definition) is 1. The Morgan fingerprint density at radius 3 is 2.79 bits per heavy atom. The molecule has 0 bridgehead atoms. The highest BCUT2D eigenvalue weighted by Crippen LogP contribution is 2.14. The van der Waals surface area contributed by atoms with Crippen molar-refractivity contribution >= 4 is 5.97 Å². The van der Waals surface area contributed by atoms with Gasteiger partial charge in [-0.1, -0.05) is 18.2 Å². The number of aromatic nitrogens is 7. The van der Waals surface area contributed by atoms with Crippen LogP contribution in [0, 0.1) is 6.92 Å². The van der Waals surface area contributed by atoms with Gasteiger partial charge in [-0.15, -0.1) is 15.3 Å². The molecule has 0 aliphatic rings. The van der Waals surface area contributed by atoms with Gasteiger partial charge < -0.3 is 9.67 Å². The van der Waals surface area contributed by atoms with Gasteiger partial charge in [-0.2, -0.15) is 0 Å². The lowest BCUT2D eigenvalue weighted by Gasteiger charge is -2.06. The fourth-order valence-electron chi connectivity index (χ4n) is 2.39. The second-order valence-electron chi connectivity index (χ2n) is 5.33. The number of aromatic carboxylic acids is 1. The van der Waals surface area contributed by atoms with E-state index in [0.717, 1.165) is 24.6 Å². The molecule has 0 aliphatic heterocycles. The molecule has 0 spiro atoms. The Kier molecular flexibility index (Phi) is 4.32. The van der Waals surface area contributed by atoms with Crippen molar-refractivity contribution in [2.24, 2.45) is 0 Å². The van der Waals surface area contributed by atoms with Crippen molar-refractivity contribution in [2.75, 3.05) is 0 Å². The average molecular weight is 327 g/mol. The van der Waals surface area contributed by atoms with E-state index in [1.54, 1.807) is 23.0 Å². The van der Waals surface area contributed by atoms with E-state index in [2.05, 4.69) is 32.4 Å². The summed E-state index contributed by atoms with van der Waals surface area (Å²) < 4.78 is 3.69. The molecule has 9 nitrogen and oxygen atoms in total. The van der Waals surface area contributed by atoms with Gasteiger partial charge in [0.15, 0.2) is 5.82 Å². The van der Waals surface area contributed by atoms with Crippen LogP contribution in [0.1, 0.15) is 35.5 Å². The molecular weight excluding hydrogens is 310 g/mol. The minimum atomic E-state index is -1.08. The summed E-state index contributed by atoms with van der Waals surface area (Å²) in [5.74, 6) is 0.591. The van der Waals surface area contributed by atoms with Crippen LogP contribution in [0.25, 0.3) is 11.4 Å². The van der Waals surface area contributed by atoms with Crippen molar-refractivity contribution in [1.82, 2.24) is 34.7 Å². The van der Waals surface area contributed by atoms with E-state index in [9.17, 15) is 4.79 Å². The predicted molar refractivity (Wildman–Crippen MR) is 84.4 cm³/mol. The van der Waals surface area contributed by atoms with Crippen LogP contribution in [-0.2, 0) is 13.1 Å². The lowest BCUT2D eigenvalue weighted by molar-refractivity contribution is 0.0690. The number of carboxylic acid groups (broad SMARTS) is 1. The van der Waals surface area contributed by atoms with Crippen LogP contribution in [0.2, 0.25) is 0 Å². The molecule has 0 saturated carbocycles. The van der Waals surface area contributed by atoms with Gasteiger partial charge in [0.25, 0.3) is 0 Å². The highest BCUT2D eigenvalue weighted by atomic mass is 16.4. The third kappa shape index (κ3) is 3.14. The zero-order chi connectivity index (χ0) is 17.1. The Balaban J connectivity index is 1.84. The van der Waals surface area contributed by atoms with E-state index in [4.69, 9.17) is 5.11 Å². The maximum atomic E-state index is 11.0. The van der Waals surface area contributed by atoms with E-state index in [1.807, 2.05) is 11.5 Å². The van der Waals surface area contributed by atoms with Gasteiger partial charge >= 0.3 is 5.97 Å². The van der Waals surface area contributed by atoms with E-state index in [1.165, 1.54) is 6.07 Å². The summed E-state index contributed by atoms with van der Waals surface area (Å²) in [6.45, 7) is 5.29. The standard InChI is InChI=1S/C15H17N7O2/c1-3-7-22-10(2)17-19-14(22)9-21-8-13(18-20-21)11-5-4-6-12(16-11)15(23)24/h4-6,8H,3,7,9H2,1-2H3,(H,23,24). The molecule has 0 fully saturated rings. The molecule has 0 atom stereocenters. The molecule has 0 aromatic carbocycles. The Labute approximate surface area is 138 Å². The molecule has 0 amide bonds. The molecule has 3 aromatic rings. The zero-order valence-corrected chi connectivity index (χ0v) is 13.4. The summed E-state index contributed by atoms with van der Waals surface area (Å²) in [5.41, 5.74) is 0.948. The van der Waals surface area contributed by atoms with Crippen molar-refractivity contribution in [3.63, 3.8) is 0 Å². The van der Waals surface area contributed by atoms with E-state index in [-0.39, 0.29) is 5.69 Å². The van der Waals surface area contributed by atoms with E-state index in [0.29, 0.717) is 17.9 Å². The molecule has 3 heterocycles. The van der Waals surface area contributed by atoms with Crippen molar-refractivity contribution in [3.8, 4) is 11.4 Å². The fraction of sp³-hybridized carbons (Fsp3) is 0.333. The number of aryl methyl sites for hydroxylation is 1. The van der Waals surface area contributed by atoms with E-state index >= 15 is 0 Å². The number of carbonyl (C=O) groups is 1. The largest absolute Gasteiger partial charge is 0.477 e. The molecule has 124 valence electrons. The van der Waals surface area contributed by atoms with Crippen LogP contribution in [0.3, 0.4) is 0 Å². The average Bonchev–Trinajstić information content (AvgIpc) is 3.17. The Hall–Kier alpha value is -3.10. The van der Waals surface area contributed by atoms with Gasteiger partial charge in [0.05, 0.1) is 11.9 Å². The molecule has 3 rings (SSSR count). The minimum absolute atomic E-state index is 0.0274. The summed E-state index contributed by atoms with van der Waals surface area (Å²) in [5, 5.41) is 25.4. The lowest BCUT2D eigenvalue weighted by atomic mass is 10.2. The summed E-state index contributed by atoms with van der Waals surface area (Å²) >= 11 is 0. The van der Waals surface area contributed by atoms with Crippen LogP contribution in [-0.4, -0.2) is 45.8 Å². The molecule has 0 unspecified atom stereocenters. The van der Waals surface area contributed by atoms with Gasteiger partial charge in [0, 0.05) is 6.54 Å². The normalized spacial score (nSPS) is 10.9. The van der Waals surface area contributed by atoms with Crippen molar-refractivity contribution in [3.05, 3.63) is 41.7 Å². The molecule has 9 heteroatoms. The lowest BCUT2D eigenvalue weighted by Crippen LogP contribution is -2.10. The number of hydrogen-bond acceptors (Lipinski definition) is 6. The molecule has 0 radical (unpaired) electrons. The van der Waals surface area contributed by atoms with Crippen LogP contribution in [0.15, 0.2) is 24.4 Å². The summed E-state index contributed by atoms with van der Waals surface area (Å²) in [4.78, 5) is 15.1. The first kappa shape index (κ1) is 15.8. The number of carboxylic acids is 1. The van der Waals surface area contributed by atoms with Gasteiger partial charge in [0.2, 0.25) is 0 Å². The molecule has 24 heavy (non-hydrogen) atoms. The third-order valence-electron chi connectivity index (χ3n) is 3.53. The SMILES string of the molecule is CCCn1c(C)nnc1Cn1cc(-c2cccc(C(=O)O)n2)nn1. The van der Waals surface area contributed by atoms with Crippen molar-refractivity contribution in [1.29, 1.82) is 0 Å². The second kappa shape index (κ2) is 6.57. The second-order valence-corrected chi connectivity index (χ2v) is 5.33. The highest BCUT2D eigenvalue weighted by Gasteiger charge is 2.12. The van der Waals surface area contributed by atoms with Crippen LogP contribution >= 0.6 is 0 Å².